The van der Waals surface area contributed by atoms with Gasteiger partial charge in [-0.15, -0.1) is 0 Å². The van der Waals surface area contributed by atoms with E-state index in [1.165, 1.54) is 6.07 Å². The van der Waals surface area contributed by atoms with Gasteiger partial charge in [0.25, 0.3) is 0 Å². The molecule has 2 fully saturated rings. The zero-order chi connectivity index (χ0) is 23.8. The molecule has 176 valence electrons. The molecule has 2 aliphatic rings. The molecule has 2 aromatic carbocycles. The fourth-order valence-corrected chi connectivity index (χ4v) is 5.06. The average Bonchev–Trinajstić information content (AvgIpc) is 2.99. The number of urea groups is 1. The van der Waals surface area contributed by atoms with E-state index in [9.17, 15) is 18.4 Å². The summed E-state index contributed by atoms with van der Waals surface area (Å²) < 4.78 is 48.6. The van der Waals surface area contributed by atoms with E-state index >= 15 is 4.39 Å². The summed E-state index contributed by atoms with van der Waals surface area (Å²) in [5, 5.41) is 5.78. The largest absolute Gasteiger partial charge is 0.369 e. The standard InChI is InChI=1S/C24H26F3N3O3/c1-3-28-23(32)30-14(2)11-24(13-33-12-21(31)29-24)20(30)9-15-5-4-6-19(22(15)27)16-7-17(25)10-18(26)8-16/h4-8,10,14,20H,3,9,11-13H2,1-2H3,(H,28,32)(H,29,31)/t14-,20+,24-/m1/s1. The SMILES string of the molecule is CCNC(=O)N1[C@H](C)C[C@@]2(COCC(=O)N2)[C@@H]1Cc1cccc(-c2cc(F)cc(F)c2)c1F. The topological polar surface area (TPSA) is 70.7 Å². The Kier molecular flexibility index (Phi) is 6.34. The number of rotatable bonds is 4. The molecule has 2 heterocycles. The van der Waals surface area contributed by atoms with Gasteiger partial charge in [0, 0.05) is 24.2 Å². The van der Waals surface area contributed by atoms with Crippen molar-refractivity contribution >= 4 is 11.9 Å². The molecule has 9 heteroatoms. The van der Waals surface area contributed by atoms with Crippen LogP contribution in [0.4, 0.5) is 18.0 Å². The van der Waals surface area contributed by atoms with E-state index in [0.717, 1.165) is 18.2 Å². The number of carbonyl (C=O) groups is 2. The van der Waals surface area contributed by atoms with Gasteiger partial charge in [0.15, 0.2) is 0 Å². The van der Waals surface area contributed by atoms with E-state index in [0.29, 0.717) is 13.0 Å². The Morgan fingerprint density at radius 1 is 1.24 bits per heavy atom. The van der Waals surface area contributed by atoms with E-state index in [2.05, 4.69) is 10.6 Å². The Labute approximate surface area is 190 Å². The van der Waals surface area contributed by atoms with E-state index in [1.54, 1.807) is 24.0 Å². The van der Waals surface area contributed by atoms with Gasteiger partial charge in [-0.1, -0.05) is 18.2 Å². The minimum absolute atomic E-state index is 0.0551. The van der Waals surface area contributed by atoms with Crippen molar-refractivity contribution in [1.29, 1.82) is 0 Å². The fourth-order valence-electron chi connectivity index (χ4n) is 5.06. The molecule has 6 nitrogen and oxygen atoms in total. The monoisotopic (exact) mass is 461 g/mol. The Hall–Kier alpha value is -3.07. The average molecular weight is 461 g/mol. The van der Waals surface area contributed by atoms with Crippen LogP contribution in [0.15, 0.2) is 36.4 Å². The number of benzene rings is 2. The third kappa shape index (κ3) is 4.42. The highest BCUT2D eigenvalue weighted by Crippen LogP contribution is 2.38. The van der Waals surface area contributed by atoms with Crippen molar-refractivity contribution in [3.05, 3.63) is 59.4 Å². The summed E-state index contributed by atoms with van der Waals surface area (Å²) in [5.74, 6) is -2.53. The molecule has 0 bridgehead atoms. The summed E-state index contributed by atoms with van der Waals surface area (Å²) in [7, 11) is 0. The molecule has 3 atom stereocenters. The van der Waals surface area contributed by atoms with Crippen LogP contribution in [0.1, 0.15) is 25.8 Å². The summed E-state index contributed by atoms with van der Waals surface area (Å²) in [6.07, 6.45) is 0.541. The number of nitrogens with one attached hydrogen (secondary N) is 2. The van der Waals surface area contributed by atoms with Crippen molar-refractivity contribution in [3.63, 3.8) is 0 Å². The Balaban J connectivity index is 1.74. The van der Waals surface area contributed by atoms with Crippen molar-refractivity contribution in [2.24, 2.45) is 0 Å². The quantitative estimate of drug-likeness (QED) is 0.734. The van der Waals surface area contributed by atoms with E-state index in [1.807, 2.05) is 6.92 Å². The number of hydrogen-bond donors (Lipinski definition) is 2. The number of nitrogens with zero attached hydrogens (tertiary/aromatic N) is 1. The first kappa shape index (κ1) is 23.1. The summed E-state index contributed by atoms with van der Waals surface area (Å²) in [4.78, 5) is 26.7. The summed E-state index contributed by atoms with van der Waals surface area (Å²) in [6.45, 7) is 4.22. The molecule has 0 radical (unpaired) electrons. The van der Waals surface area contributed by atoms with Crippen LogP contribution < -0.4 is 10.6 Å². The Morgan fingerprint density at radius 3 is 2.64 bits per heavy atom. The van der Waals surface area contributed by atoms with Gasteiger partial charge in [-0.25, -0.2) is 18.0 Å². The van der Waals surface area contributed by atoms with Gasteiger partial charge in [-0.3, -0.25) is 4.79 Å². The van der Waals surface area contributed by atoms with Gasteiger partial charge in [-0.05, 0) is 49.9 Å². The molecule has 33 heavy (non-hydrogen) atoms. The summed E-state index contributed by atoms with van der Waals surface area (Å²) >= 11 is 0. The first-order valence-corrected chi connectivity index (χ1v) is 10.9. The van der Waals surface area contributed by atoms with Crippen LogP contribution in [-0.2, 0) is 16.0 Å². The maximum Gasteiger partial charge on any atom is 0.317 e. The summed E-state index contributed by atoms with van der Waals surface area (Å²) in [5.41, 5.74) is -0.465. The third-order valence-electron chi connectivity index (χ3n) is 6.32. The lowest BCUT2D eigenvalue weighted by molar-refractivity contribution is -0.136. The van der Waals surface area contributed by atoms with Crippen molar-refractivity contribution < 1.29 is 27.5 Å². The highest BCUT2D eigenvalue weighted by atomic mass is 19.1. The van der Waals surface area contributed by atoms with E-state index in [4.69, 9.17) is 4.74 Å². The molecule has 3 amide bonds. The Bertz CT molecular complexity index is 1060. The van der Waals surface area contributed by atoms with Crippen LogP contribution in [0.25, 0.3) is 11.1 Å². The number of hydrogen-bond acceptors (Lipinski definition) is 3. The second kappa shape index (κ2) is 9.05. The lowest BCUT2D eigenvalue weighted by atomic mass is 9.84. The molecular formula is C24H26F3N3O3. The first-order valence-electron chi connectivity index (χ1n) is 10.9. The van der Waals surface area contributed by atoms with Crippen LogP contribution in [0.5, 0.6) is 0 Å². The van der Waals surface area contributed by atoms with Crippen LogP contribution in [0.2, 0.25) is 0 Å². The number of halogens is 3. The van der Waals surface area contributed by atoms with Crippen molar-refractivity contribution in [2.45, 2.75) is 44.3 Å². The molecule has 4 rings (SSSR count). The van der Waals surface area contributed by atoms with Gasteiger partial charge in [-0.2, -0.15) is 0 Å². The Morgan fingerprint density at radius 2 is 1.97 bits per heavy atom. The van der Waals surface area contributed by atoms with Crippen LogP contribution in [0, 0.1) is 17.5 Å². The highest BCUT2D eigenvalue weighted by Gasteiger charge is 2.54. The van der Waals surface area contributed by atoms with Gasteiger partial charge in [0.2, 0.25) is 5.91 Å². The van der Waals surface area contributed by atoms with Crippen LogP contribution in [-0.4, -0.2) is 54.2 Å². The lowest BCUT2D eigenvalue weighted by Crippen LogP contribution is -2.64. The lowest BCUT2D eigenvalue weighted by Gasteiger charge is -2.41. The first-order chi connectivity index (χ1) is 15.7. The number of ether oxygens (including phenoxy) is 1. The van der Waals surface area contributed by atoms with Gasteiger partial charge < -0.3 is 20.3 Å². The molecule has 0 saturated carbocycles. The molecule has 1 spiro atoms. The maximum absolute atomic E-state index is 15.6. The van der Waals surface area contributed by atoms with Crippen molar-refractivity contribution in [2.75, 3.05) is 19.8 Å². The van der Waals surface area contributed by atoms with Gasteiger partial charge >= 0.3 is 6.03 Å². The normalized spacial score (nSPS) is 24.8. The van der Waals surface area contributed by atoms with Crippen molar-refractivity contribution in [1.82, 2.24) is 15.5 Å². The van der Waals surface area contributed by atoms with Gasteiger partial charge in [0.1, 0.15) is 24.1 Å². The third-order valence-corrected chi connectivity index (χ3v) is 6.32. The molecule has 2 saturated heterocycles. The number of carbonyl (C=O) groups excluding carboxylic acids is 2. The number of morpholine rings is 1. The minimum atomic E-state index is -0.868. The zero-order valence-electron chi connectivity index (χ0n) is 18.5. The second-order valence-electron chi connectivity index (χ2n) is 8.65. The predicted octanol–water partition coefficient (Wildman–Crippen LogP) is 3.39. The van der Waals surface area contributed by atoms with E-state index in [-0.39, 0.29) is 54.3 Å². The second-order valence-corrected chi connectivity index (χ2v) is 8.65. The highest BCUT2D eigenvalue weighted by molar-refractivity contribution is 5.80. The molecule has 2 N–H and O–H groups in total. The molecular weight excluding hydrogens is 435 g/mol. The molecule has 2 aromatic rings. The number of amides is 3. The summed E-state index contributed by atoms with van der Waals surface area (Å²) in [6, 6.07) is 6.37. The van der Waals surface area contributed by atoms with Crippen LogP contribution in [0.3, 0.4) is 0 Å². The van der Waals surface area contributed by atoms with E-state index < -0.39 is 29.0 Å². The maximum atomic E-state index is 15.6. The van der Waals surface area contributed by atoms with Crippen molar-refractivity contribution in [3.8, 4) is 11.1 Å². The van der Waals surface area contributed by atoms with Crippen LogP contribution >= 0.6 is 0 Å². The fraction of sp³-hybridized carbons (Fsp3) is 0.417. The van der Waals surface area contributed by atoms with Gasteiger partial charge in [0.05, 0.1) is 18.2 Å². The smallest absolute Gasteiger partial charge is 0.317 e. The number of likely N-dealkylation sites (tertiary alicyclic amines) is 1. The molecule has 2 aliphatic heterocycles. The molecule has 0 aromatic heterocycles. The zero-order valence-corrected chi connectivity index (χ0v) is 18.5. The molecule has 0 unspecified atom stereocenters. The molecule has 0 aliphatic carbocycles. The predicted molar refractivity (Wildman–Crippen MR) is 116 cm³/mol. The minimum Gasteiger partial charge on any atom is -0.369 e.